The predicted molar refractivity (Wildman–Crippen MR) is 99.3 cm³/mol. The summed E-state index contributed by atoms with van der Waals surface area (Å²) in [4.78, 5) is 16.3. The zero-order valence-corrected chi connectivity index (χ0v) is 15.9. The molecule has 0 spiro atoms. The lowest BCUT2D eigenvalue weighted by Gasteiger charge is -2.37. The normalized spacial score (nSPS) is 15.2. The van der Waals surface area contributed by atoms with Crippen LogP contribution in [-0.2, 0) is 4.79 Å². The zero-order valence-electron chi connectivity index (χ0n) is 14.3. The van der Waals surface area contributed by atoms with E-state index in [0.29, 0.717) is 25.4 Å². The van der Waals surface area contributed by atoms with E-state index < -0.39 is 0 Å². The summed E-state index contributed by atoms with van der Waals surface area (Å²) in [7, 11) is 3.39. The highest BCUT2D eigenvalue weighted by Gasteiger charge is 2.25. The lowest BCUT2D eigenvalue weighted by Crippen LogP contribution is -2.51. The van der Waals surface area contributed by atoms with Gasteiger partial charge < -0.3 is 19.9 Å². The quantitative estimate of drug-likeness (QED) is 0.848. The fourth-order valence-electron chi connectivity index (χ4n) is 2.79. The molecule has 1 amide bonds. The Kier molecular flexibility index (Phi) is 10.0. The van der Waals surface area contributed by atoms with Crippen LogP contribution in [-0.4, -0.2) is 57.7 Å². The maximum atomic E-state index is 13.3. The van der Waals surface area contributed by atoms with Gasteiger partial charge in [0.25, 0.3) is 0 Å². The number of nitrogens with zero attached hydrogens (tertiary/aromatic N) is 2. The molecule has 0 radical (unpaired) electrons. The highest BCUT2D eigenvalue weighted by Crippen LogP contribution is 2.29. The number of carbonyl (C=O) groups excluding carboxylic acids is 1. The van der Waals surface area contributed by atoms with Crippen molar-refractivity contribution < 1.29 is 13.9 Å². The number of hydrogen-bond acceptors (Lipinski definition) is 4. The number of carbonyl (C=O) groups is 1. The van der Waals surface area contributed by atoms with E-state index in [0.717, 1.165) is 18.8 Å². The summed E-state index contributed by atoms with van der Waals surface area (Å²) in [6.45, 7) is 5.42. The molecule has 8 heteroatoms. The minimum atomic E-state index is -0.310. The van der Waals surface area contributed by atoms with Crippen LogP contribution in [0, 0.1) is 11.7 Å². The molecule has 1 aliphatic rings. The lowest BCUT2D eigenvalue weighted by molar-refractivity contribution is -0.135. The number of ether oxygens (including phenoxy) is 1. The van der Waals surface area contributed by atoms with Crippen molar-refractivity contribution in [1.29, 1.82) is 0 Å². The van der Waals surface area contributed by atoms with Gasteiger partial charge in [-0.15, -0.1) is 24.8 Å². The van der Waals surface area contributed by atoms with Crippen molar-refractivity contribution >= 4 is 36.4 Å². The molecule has 1 heterocycles. The van der Waals surface area contributed by atoms with E-state index in [9.17, 15) is 9.18 Å². The Labute approximate surface area is 155 Å². The molecule has 2 rings (SSSR count). The Morgan fingerprint density at radius 2 is 1.92 bits per heavy atom. The Balaban J connectivity index is 0.00000264. The Morgan fingerprint density at radius 1 is 1.29 bits per heavy atom. The van der Waals surface area contributed by atoms with Gasteiger partial charge in [0, 0.05) is 44.7 Å². The van der Waals surface area contributed by atoms with Crippen LogP contribution in [0.5, 0.6) is 5.75 Å². The van der Waals surface area contributed by atoms with Crippen molar-refractivity contribution in [2.75, 3.05) is 51.8 Å². The molecule has 0 aromatic heterocycles. The van der Waals surface area contributed by atoms with Gasteiger partial charge in [-0.05, 0) is 19.2 Å². The summed E-state index contributed by atoms with van der Waals surface area (Å²) in [6, 6.07) is 4.56. The molecule has 1 atom stereocenters. The Hall–Kier alpha value is -1.24. The summed E-state index contributed by atoms with van der Waals surface area (Å²) in [5, 5.41) is 3.03. The Bertz CT molecular complexity index is 526. The van der Waals surface area contributed by atoms with Gasteiger partial charge in [-0.25, -0.2) is 4.39 Å². The van der Waals surface area contributed by atoms with E-state index in [-0.39, 0.29) is 42.5 Å². The van der Waals surface area contributed by atoms with E-state index in [2.05, 4.69) is 10.2 Å². The molecule has 1 unspecified atom stereocenters. The highest BCUT2D eigenvalue weighted by atomic mass is 35.5. The number of hydrogen-bond donors (Lipinski definition) is 1. The first kappa shape index (κ1) is 22.8. The van der Waals surface area contributed by atoms with E-state index >= 15 is 0 Å². The summed E-state index contributed by atoms with van der Waals surface area (Å²) in [5.41, 5.74) is 0.874. The fourth-order valence-corrected chi connectivity index (χ4v) is 2.79. The van der Waals surface area contributed by atoms with Crippen molar-refractivity contribution in [3.8, 4) is 5.75 Å². The summed E-state index contributed by atoms with van der Waals surface area (Å²) < 4.78 is 18.5. The van der Waals surface area contributed by atoms with Gasteiger partial charge in [0.15, 0.2) is 0 Å². The smallest absolute Gasteiger partial charge is 0.226 e. The topological polar surface area (TPSA) is 44.8 Å². The van der Waals surface area contributed by atoms with Gasteiger partial charge in [-0.3, -0.25) is 4.79 Å². The van der Waals surface area contributed by atoms with E-state index in [4.69, 9.17) is 4.74 Å². The molecule has 1 N–H and O–H groups in total. The molecule has 24 heavy (non-hydrogen) atoms. The molecule has 0 saturated carbocycles. The molecular weight excluding hydrogens is 356 g/mol. The van der Waals surface area contributed by atoms with Crippen LogP contribution in [0.1, 0.15) is 6.92 Å². The van der Waals surface area contributed by atoms with Gasteiger partial charge in [0.2, 0.25) is 5.91 Å². The standard InChI is InChI=1S/C16H24FN3O2.2ClH/c1-12(11-18-2)16(21)20-8-6-19(7-9-20)14-5-4-13(17)10-15(14)22-3;;/h4-5,10,12,18H,6-9,11H2,1-3H3;2*1H. The first-order chi connectivity index (χ1) is 10.6. The second-order valence-corrected chi connectivity index (χ2v) is 5.59. The first-order valence-corrected chi connectivity index (χ1v) is 7.58. The summed E-state index contributed by atoms with van der Waals surface area (Å²) >= 11 is 0. The molecule has 1 saturated heterocycles. The maximum Gasteiger partial charge on any atom is 0.226 e. The largest absolute Gasteiger partial charge is 0.494 e. The van der Waals surface area contributed by atoms with Crippen molar-refractivity contribution in [3.63, 3.8) is 0 Å². The molecule has 1 aromatic rings. The van der Waals surface area contributed by atoms with Crippen LogP contribution >= 0.6 is 24.8 Å². The van der Waals surface area contributed by atoms with Gasteiger partial charge in [0.05, 0.1) is 12.8 Å². The molecule has 1 aromatic carbocycles. The number of piperazine rings is 1. The number of halogens is 3. The minimum Gasteiger partial charge on any atom is -0.494 e. The zero-order chi connectivity index (χ0) is 16.1. The minimum absolute atomic E-state index is 0. The van der Waals surface area contributed by atoms with Gasteiger partial charge in [-0.1, -0.05) is 6.92 Å². The Morgan fingerprint density at radius 3 is 2.46 bits per heavy atom. The number of rotatable bonds is 5. The molecule has 1 fully saturated rings. The average Bonchev–Trinajstić information content (AvgIpc) is 2.54. The van der Waals surface area contributed by atoms with Crippen LogP contribution in [0.2, 0.25) is 0 Å². The average molecular weight is 382 g/mol. The number of methoxy groups -OCH3 is 1. The van der Waals surface area contributed by atoms with E-state index in [1.807, 2.05) is 18.9 Å². The highest BCUT2D eigenvalue weighted by molar-refractivity contribution is 5.85. The van der Waals surface area contributed by atoms with Crippen LogP contribution in [0.3, 0.4) is 0 Å². The van der Waals surface area contributed by atoms with Crippen LogP contribution in [0.4, 0.5) is 10.1 Å². The van der Waals surface area contributed by atoms with Crippen molar-refractivity contribution in [2.45, 2.75) is 6.92 Å². The summed E-state index contributed by atoms with van der Waals surface area (Å²) in [6.07, 6.45) is 0. The third kappa shape index (κ3) is 5.40. The third-order valence-corrected chi connectivity index (χ3v) is 4.01. The number of nitrogens with one attached hydrogen (secondary N) is 1. The van der Waals surface area contributed by atoms with Crippen LogP contribution in [0.25, 0.3) is 0 Å². The predicted octanol–water partition coefficient (Wildman–Crippen LogP) is 2.18. The third-order valence-electron chi connectivity index (χ3n) is 4.01. The molecular formula is C16H26Cl2FN3O2. The second kappa shape index (κ2) is 10.6. The number of anilines is 1. The van der Waals surface area contributed by atoms with Gasteiger partial charge in [-0.2, -0.15) is 0 Å². The molecule has 1 aliphatic heterocycles. The van der Waals surface area contributed by atoms with E-state index in [1.165, 1.54) is 19.2 Å². The maximum absolute atomic E-state index is 13.3. The number of amides is 1. The number of benzene rings is 1. The van der Waals surface area contributed by atoms with Crippen LogP contribution < -0.4 is 15.0 Å². The molecule has 0 bridgehead atoms. The van der Waals surface area contributed by atoms with Crippen molar-refractivity contribution in [1.82, 2.24) is 10.2 Å². The molecule has 0 aliphatic carbocycles. The van der Waals surface area contributed by atoms with Crippen LogP contribution in [0.15, 0.2) is 18.2 Å². The van der Waals surface area contributed by atoms with Crippen molar-refractivity contribution in [3.05, 3.63) is 24.0 Å². The molecule has 138 valence electrons. The SMILES string of the molecule is CNCC(C)C(=O)N1CCN(c2ccc(F)cc2OC)CC1.Cl.Cl. The second-order valence-electron chi connectivity index (χ2n) is 5.59. The monoisotopic (exact) mass is 381 g/mol. The van der Waals surface area contributed by atoms with Gasteiger partial charge >= 0.3 is 0 Å². The van der Waals surface area contributed by atoms with Gasteiger partial charge in [0.1, 0.15) is 11.6 Å². The van der Waals surface area contributed by atoms with Crippen molar-refractivity contribution in [2.24, 2.45) is 5.92 Å². The molecule has 5 nitrogen and oxygen atoms in total. The first-order valence-electron chi connectivity index (χ1n) is 7.58. The van der Waals surface area contributed by atoms with E-state index in [1.54, 1.807) is 6.07 Å². The summed E-state index contributed by atoms with van der Waals surface area (Å²) in [5.74, 6) is 0.385. The lowest BCUT2D eigenvalue weighted by atomic mass is 10.1. The fraction of sp³-hybridized carbons (Fsp3) is 0.562.